The number of aromatic nitrogens is 1. The first kappa shape index (κ1) is 12.8. The zero-order chi connectivity index (χ0) is 12.0. The largest absolute Gasteiger partial charge is 0.355 e. The Kier molecular flexibility index (Phi) is 5.05. The minimum Gasteiger partial charge on any atom is -0.355 e. The second-order valence-electron chi connectivity index (χ2n) is 4.36. The Balaban J connectivity index is 2.34. The topological polar surface area (TPSA) is 60.0 Å². The summed E-state index contributed by atoms with van der Waals surface area (Å²) in [6.45, 7) is 5.86. The molecule has 90 valence electrons. The summed E-state index contributed by atoms with van der Waals surface area (Å²) in [5.41, 5.74) is 6.54. The van der Waals surface area contributed by atoms with Crippen LogP contribution in [0.15, 0.2) is 18.3 Å². The van der Waals surface area contributed by atoms with Crippen molar-refractivity contribution in [2.24, 2.45) is 11.7 Å². The van der Waals surface area contributed by atoms with Crippen molar-refractivity contribution < 1.29 is 4.79 Å². The Morgan fingerprint density at radius 3 is 2.94 bits per heavy atom. The highest BCUT2D eigenvalue weighted by atomic mass is 16.1. The Labute approximate surface area is 96.8 Å². The fourth-order valence-corrected chi connectivity index (χ4v) is 1.50. The number of amides is 1. The average molecular weight is 223 g/mol. The Bertz CT molecular complexity index is 331. The predicted octanol–water partition coefficient (Wildman–Crippen LogP) is 1.11. The summed E-state index contributed by atoms with van der Waals surface area (Å²) in [7, 11) is 0. The number of rotatable bonds is 6. The van der Waals surface area contributed by atoms with Crippen molar-refractivity contribution in [1.82, 2.24) is 9.88 Å². The van der Waals surface area contributed by atoms with Crippen LogP contribution in [-0.2, 0) is 17.9 Å². The summed E-state index contributed by atoms with van der Waals surface area (Å²) in [6, 6.07) is 3.84. The lowest BCUT2D eigenvalue weighted by Crippen LogP contribution is -2.29. The smallest absolute Gasteiger partial charge is 0.239 e. The van der Waals surface area contributed by atoms with Crippen molar-refractivity contribution in [2.45, 2.75) is 33.4 Å². The Morgan fingerprint density at radius 1 is 1.56 bits per heavy atom. The molecule has 0 unspecified atom stereocenters. The van der Waals surface area contributed by atoms with Gasteiger partial charge in [-0.15, -0.1) is 0 Å². The molecular weight excluding hydrogens is 202 g/mol. The van der Waals surface area contributed by atoms with E-state index in [9.17, 15) is 4.79 Å². The molecule has 0 spiro atoms. The summed E-state index contributed by atoms with van der Waals surface area (Å²) in [6.07, 6.45) is 2.89. The molecule has 1 rings (SSSR count). The SMILES string of the molecule is CC(C)CCNC(=O)Cn1cccc1CN. The zero-order valence-electron chi connectivity index (χ0n) is 10.1. The van der Waals surface area contributed by atoms with E-state index in [1.54, 1.807) is 0 Å². The molecule has 4 heteroatoms. The minimum atomic E-state index is 0.0477. The van der Waals surface area contributed by atoms with Gasteiger partial charge in [0.25, 0.3) is 0 Å². The molecule has 4 nitrogen and oxygen atoms in total. The zero-order valence-corrected chi connectivity index (χ0v) is 10.1. The van der Waals surface area contributed by atoms with E-state index < -0.39 is 0 Å². The van der Waals surface area contributed by atoms with Gasteiger partial charge in [0.15, 0.2) is 0 Å². The van der Waals surface area contributed by atoms with Crippen LogP contribution >= 0.6 is 0 Å². The van der Waals surface area contributed by atoms with Gasteiger partial charge in [0, 0.05) is 25.0 Å². The molecule has 0 saturated heterocycles. The van der Waals surface area contributed by atoms with Gasteiger partial charge < -0.3 is 15.6 Å². The molecule has 0 radical (unpaired) electrons. The predicted molar refractivity (Wildman–Crippen MR) is 64.8 cm³/mol. The van der Waals surface area contributed by atoms with Crippen molar-refractivity contribution in [3.05, 3.63) is 24.0 Å². The average Bonchev–Trinajstić information content (AvgIpc) is 2.64. The van der Waals surface area contributed by atoms with Gasteiger partial charge in [-0.25, -0.2) is 0 Å². The molecule has 0 saturated carbocycles. The second kappa shape index (κ2) is 6.33. The van der Waals surface area contributed by atoms with Crippen molar-refractivity contribution in [3.8, 4) is 0 Å². The third-order valence-electron chi connectivity index (χ3n) is 2.49. The van der Waals surface area contributed by atoms with Gasteiger partial charge in [-0.3, -0.25) is 4.79 Å². The highest BCUT2D eigenvalue weighted by molar-refractivity contribution is 5.75. The molecule has 1 heterocycles. The Hall–Kier alpha value is -1.29. The number of carbonyl (C=O) groups excluding carboxylic acids is 1. The summed E-state index contributed by atoms with van der Waals surface area (Å²) >= 11 is 0. The number of carbonyl (C=O) groups is 1. The van der Waals surface area contributed by atoms with Gasteiger partial charge in [0.2, 0.25) is 5.91 Å². The molecule has 1 amide bonds. The lowest BCUT2D eigenvalue weighted by Gasteiger charge is -2.09. The fraction of sp³-hybridized carbons (Fsp3) is 0.583. The molecule has 16 heavy (non-hydrogen) atoms. The van der Waals surface area contributed by atoms with Gasteiger partial charge in [0.1, 0.15) is 6.54 Å². The minimum absolute atomic E-state index is 0.0477. The third kappa shape index (κ3) is 4.06. The summed E-state index contributed by atoms with van der Waals surface area (Å²) in [5.74, 6) is 0.665. The summed E-state index contributed by atoms with van der Waals surface area (Å²) in [5, 5.41) is 2.90. The van der Waals surface area contributed by atoms with Crippen molar-refractivity contribution >= 4 is 5.91 Å². The van der Waals surface area contributed by atoms with Gasteiger partial charge in [-0.05, 0) is 24.5 Å². The highest BCUT2D eigenvalue weighted by Gasteiger charge is 2.05. The van der Waals surface area contributed by atoms with E-state index in [4.69, 9.17) is 5.73 Å². The first-order valence-corrected chi connectivity index (χ1v) is 5.74. The van der Waals surface area contributed by atoms with E-state index in [0.29, 0.717) is 19.0 Å². The lowest BCUT2D eigenvalue weighted by atomic mass is 10.1. The number of nitrogens with zero attached hydrogens (tertiary/aromatic N) is 1. The molecule has 3 N–H and O–H groups in total. The maximum Gasteiger partial charge on any atom is 0.239 e. The van der Waals surface area contributed by atoms with Crippen LogP contribution in [0.3, 0.4) is 0 Å². The standard InChI is InChI=1S/C12H21N3O/c1-10(2)5-6-14-12(16)9-15-7-3-4-11(15)8-13/h3-4,7,10H,5-6,8-9,13H2,1-2H3,(H,14,16). The molecule has 0 aromatic carbocycles. The molecule has 0 fully saturated rings. The molecule has 1 aromatic heterocycles. The molecule has 0 aliphatic carbocycles. The second-order valence-corrected chi connectivity index (χ2v) is 4.36. The summed E-state index contributed by atoms with van der Waals surface area (Å²) in [4.78, 5) is 11.6. The normalized spacial score (nSPS) is 10.8. The van der Waals surface area contributed by atoms with Gasteiger partial charge in [-0.1, -0.05) is 13.8 Å². The highest BCUT2D eigenvalue weighted by Crippen LogP contribution is 2.01. The van der Waals surface area contributed by atoms with E-state index in [2.05, 4.69) is 19.2 Å². The lowest BCUT2D eigenvalue weighted by molar-refractivity contribution is -0.121. The first-order valence-electron chi connectivity index (χ1n) is 5.74. The molecule has 0 bridgehead atoms. The van der Waals surface area contributed by atoms with Crippen LogP contribution in [0.1, 0.15) is 26.0 Å². The summed E-state index contributed by atoms with van der Waals surface area (Å²) < 4.78 is 1.88. The van der Waals surface area contributed by atoms with E-state index >= 15 is 0 Å². The number of nitrogens with one attached hydrogen (secondary N) is 1. The maximum absolute atomic E-state index is 11.6. The van der Waals surface area contributed by atoms with E-state index in [1.807, 2.05) is 22.9 Å². The molecule has 0 aliphatic rings. The number of hydrogen-bond acceptors (Lipinski definition) is 2. The number of nitrogens with two attached hydrogens (primary N) is 1. The quantitative estimate of drug-likeness (QED) is 0.759. The van der Waals surface area contributed by atoms with Gasteiger partial charge >= 0.3 is 0 Å². The number of hydrogen-bond donors (Lipinski definition) is 2. The van der Waals surface area contributed by atoms with E-state index in [0.717, 1.165) is 18.7 Å². The van der Waals surface area contributed by atoms with Gasteiger partial charge in [-0.2, -0.15) is 0 Å². The first-order chi connectivity index (χ1) is 7.63. The van der Waals surface area contributed by atoms with E-state index in [-0.39, 0.29) is 5.91 Å². The van der Waals surface area contributed by atoms with Crippen LogP contribution in [0, 0.1) is 5.92 Å². The van der Waals surface area contributed by atoms with Crippen LogP contribution in [0.5, 0.6) is 0 Å². The van der Waals surface area contributed by atoms with Crippen LogP contribution in [0.4, 0.5) is 0 Å². The van der Waals surface area contributed by atoms with Crippen molar-refractivity contribution in [1.29, 1.82) is 0 Å². The van der Waals surface area contributed by atoms with Crippen LogP contribution in [-0.4, -0.2) is 17.0 Å². The molecular formula is C12H21N3O. The van der Waals surface area contributed by atoms with E-state index in [1.165, 1.54) is 0 Å². The van der Waals surface area contributed by atoms with Crippen LogP contribution in [0.25, 0.3) is 0 Å². The molecule has 0 atom stereocenters. The third-order valence-corrected chi connectivity index (χ3v) is 2.49. The maximum atomic E-state index is 11.6. The monoisotopic (exact) mass is 223 g/mol. The molecule has 1 aromatic rings. The molecule has 0 aliphatic heterocycles. The van der Waals surface area contributed by atoms with Crippen molar-refractivity contribution in [2.75, 3.05) is 6.54 Å². The fourth-order valence-electron chi connectivity index (χ4n) is 1.50. The Morgan fingerprint density at radius 2 is 2.31 bits per heavy atom. The van der Waals surface area contributed by atoms with Crippen LogP contribution in [0.2, 0.25) is 0 Å². The van der Waals surface area contributed by atoms with Crippen LogP contribution < -0.4 is 11.1 Å². The van der Waals surface area contributed by atoms with Gasteiger partial charge in [0.05, 0.1) is 0 Å². The van der Waals surface area contributed by atoms with Crippen molar-refractivity contribution in [3.63, 3.8) is 0 Å².